The second-order valence-corrected chi connectivity index (χ2v) is 4.53. The number of rotatable bonds is 4. The topological polar surface area (TPSA) is 75.5 Å². The van der Waals surface area contributed by atoms with E-state index in [1.54, 1.807) is 14.0 Å². The Morgan fingerprint density at radius 1 is 1.67 bits per heavy atom. The van der Waals surface area contributed by atoms with Crippen molar-refractivity contribution in [2.45, 2.75) is 13.3 Å². The summed E-state index contributed by atoms with van der Waals surface area (Å²) >= 11 is 0. The van der Waals surface area contributed by atoms with E-state index in [4.69, 9.17) is 9.84 Å². The molecule has 98 valence electrons. The monoisotopic (exact) mass is 251 g/mol. The third-order valence-electron chi connectivity index (χ3n) is 3.17. The second kappa shape index (κ2) is 5.30. The summed E-state index contributed by atoms with van der Waals surface area (Å²) < 4.78 is 5.14. The van der Waals surface area contributed by atoms with Crippen LogP contribution >= 0.6 is 0 Å². The van der Waals surface area contributed by atoms with Gasteiger partial charge in [0.15, 0.2) is 0 Å². The first-order chi connectivity index (χ1) is 8.61. The normalized spacial score (nSPS) is 19.2. The number of aromatic nitrogens is 2. The Kier molecular flexibility index (Phi) is 3.76. The van der Waals surface area contributed by atoms with Crippen LogP contribution in [0.2, 0.25) is 0 Å². The number of aromatic carboxylic acids is 1. The lowest BCUT2D eigenvalue weighted by molar-refractivity contribution is 0.0695. The van der Waals surface area contributed by atoms with Crippen molar-refractivity contribution in [2.24, 2.45) is 5.92 Å². The van der Waals surface area contributed by atoms with Crippen LogP contribution in [-0.2, 0) is 4.74 Å². The Morgan fingerprint density at radius 3 is 3.06 bits per heavy atom. The number of anilines is 1. The summed E-state index contributed by atoms with van der Waals surface area (Å²) in [7, 11) is 1.70. The van der Waals surface area contributed by atoms with E-state index in [1.807, 2.05) is 0 Å². The Bertz CT molecular complexity index is 450. The molecule has 0 bridgehead atoms. The first-order valence-electron chi connectivity index (χ1n) is 5.92. The highest BCUT2D eigenvalue weighted by molar-refractivity contribution is 5.88. The van der Waals surface area contributed by atoms with Gasteiger partial charge in [0.2, 0.25) is 5.95 Å². The van der Waals surface area contributed by atoms with Crippen LogP contribution in [0.3, 0.4) is 0 Å². The zero-order valence-electron chi connectivity index (χ0n) is 10.6. The molecule has 0 aliphatic carbocycles. The van der Waals surface area contributed by atoms with Gasteiger partial charge in [-0.05, 0) is 13.3 Å². The Balaban J connectivity index is 2.11. The van der Waals surface area contributed by atoms with Crippen molar-refractivity contribution >= 4 is 11.9 Å². The molecule has 1 aliphatic rings. The number of ether oxygens (including phenoxy) is 1. The van der Waals surface area contributed by atoms with Gasteiger partial charge in [-0.3, -0.25) is 0 Å². The third kappa shape index (κ3) is 2.59. The maximum atomic E-state index is 10.9. The Labute approximate surface area is 106 Å². The number of methoxy groups -OCH3 is 1. The fraction of sp³-hybridized carbons (Fsp3) is 0.583. The highest BCUT2D eigenvalue weighted by atomic mass is 16.5. The van der Waals surface area contributed by atoms with Gasteiger partial charge in [-0.2, -0.15) is 0 Å². The first kappa shape index (κ1) is 12.8. The smallest absolute Gasteiger partial charge is 0.339 e. The van der Waals surface area contributed by atoms with Gasteiger partial charge in [0.1, 0.15) is 0 Å². The van der Waals surface area contributed by atoms with Gasteiger partial charge >= 0.3 is 5.97 Å². The van der Waals surface area contributed by atoms with E-state index in [-0.39, 0.29) is 5.56 Å². The van der Waals surface area contributed by atoms with E-state index in [0.717, 1.165) is 26.1 Å². The van der Waals surface area contributed by atoms with Crippen molar-refractivity contribution in [3.63, 3.8) is 0 Å². The van der Waals surface area contributed by atoms with E-state index in [2.05, 4.69) is 14.9 Å². The molecule has 0 radical (unpaired) electrons. The molecule has 0 saturated carbocycles. The zero-order valence-corrected chi connectivity index (χ0v) is 10.6. The molecule has 2 heterocycles. The van der Waals surface area contributed by atoms with Crippen LogP contribution in [0.1, 0.15) is 22.5 Å². The summed E-state index contributed by atoms with van der Waals surface area (Å²) in [6.45, 7) is 4.18. The molecule has 2 rings (SSSR count). The van der Waals surface area contributed by atoms with Crippen LogP contribution in [-0.4, -0.2) is 47.8 Å². The predicted octanol–water partition coefficient (Wildman–Crippen LogP) is 0.956. The standard InChI is InChI=1S/C12H17N3O3/c1-8-10(11(16)17)5-13-12(14-8)15-4-3-9(6-15)7-18-2/h5,9H,3-4,6-7H2,1-2H3,(H,16,17). The summed E-state index contributed by atoms with van der Waals surface area (Å²) in [6, 6.07) is 0. The highest BCUT2D eigenvalue weighted by Crippen LogP contribution is 2.21. The number of carboxylic acids is 1. The first-order valence-corrected chi connectivity index (χ1v) is 5.92. The molecule has 0 amide bonds. The average molecular weight is 251 g/mol. The summed E-state index contributed by atoms with van der Waals surface area (Å²) in [5.74, 6) is 0.117. The lowest BCUT2D eigenvalue weighted by Crippen LogP contribution is -2.23. The molecule has 1 fully saturated rings. The van der Waals surface area contributed by atoms with Gasteiger partial charge in [-0.1, -0.05) is 0 Å². The SMILES string of the molecule is COCC1CCN(c2ncc(C(=O)O)c(C)n2)C1. The van der Waals surface area contributed by atoms with Crippen LogP contribution in [0.4, 0.5) is 5.95 Å². The van der Waals surface area contributed by atoms with Crippen LogP contribution < -0.4 is 4.90 Å². The molecule has 1 aliphatic heterocycles. The molecular weight excluding hydrogens is 234 g/mol. The molecule has 6 nitrogen and oxygen atoms in total. The van der Waals surface area contributed by atoms with Crippen molar-refractivity contribution in [3.8, 4) is 0 Å². The van der Waals surface area contributed by atoms with Crippen molar-refractivity contribution in [3.05, 3.63) is 17.5 Å². The maximum Gasteiger partial charge on any atom is 0.339 e. The number of hydrogen-bond donors (Lipinski definition) is 1. The number of carboxylic acid groups (broad SMARTS) is 1. The summed E-state index contributed by atoms with van der Waals surface area (Å²) in [5.41, 5.74) is 0.661. The molecule has 0 spiro atoms. The van der Waals surface area contributed by atoms with E-state index < -0.39 is 5.97 Å². The minimum absolute atomic E-state index is 0.159. The quantitative estimate of drug-likeness (QED) is 0.859. The van der Waals surface area contributed by atoms with Gasteiger partial charge < -0.3 is 14.7 Å². The molecule has 0 aromatic carbocycles. The van der Waals surface area contributed by atoms with Crippen molar-refractivity contribution in [2.75, 3.05) is 31.7 Å². The Morgan fingerprint density at radius 2 is 2.44 bits per heavy atom. The largest absolute Gasteiger partial charge is 0.478 e. The summed E-state index contributed by atoms with van der Waals surface area (Å²) in [6.07, 6.45) is 2.43. The second-order valence-electron chi connectivity index (χ2n) is 4.53. The van der Waals surface area contributed by atoms with Crippen LogP contribution in [0.5, 0.6) is 0 Å². The van der Waals surface area contributed by atoms with E-state index in [1.165, 1.54) is 6.20 Å². The summed E-state index contributed by atoms with van der Waals surface area (Å²) in [5, 5.41) is 8.92. The highest BCUT2D eigenvalue weighted by Gasteiger charge is 2.24. The minimum atomic E-state index is -0.988. The van der Waals surface area contributed by atoms with Crippen molar-refractivity contribution in [1.82, 2.24) is 9.97 Å². The molecule has 1 unspecified atom stereocenters. The Hall–Kier alpha value is -1.69. The minimum Gasteiger partial charge on any atom is -0.478 e. The number of nitrogens with zero attached hydrogens (tertiary/aromatic N) is 3. The molecular formula is C12H17N3O3. The molecule has 1 atom stereocenters. The molecule has 6 heteroatoms. The van der Waals surface area contributed by atoms with Crippen LogP contribution in [0, 0.1) is 12.8 Å². The maximum absolute atomic E-state index is 10.9. The molecule has 1 aromatic rings. The van der Waals surface area contributed by atoms with Crippen LogP contribution in [0.25, 0.3) is 0 Å². The fourth-order valence-corrected chi connectivity index (χ4v) is 2.20. The van der Waals surface area contributed by atoms with Gasteiger partial charge in [0.05, 0.1) is 17.9 Å². The average Bonchev–Trinajstić information content (AvgIpc) is 2.77. The molecule has 1 saturated heterocycles. The predicted molar refractivity (Wildman–Crippen MR) is 65.9 cm³/mol. The fourth-order valence-electron chi connectivity index (χ4n) is 2.20. The molecule has 1 N–H and O–H groups in total. The van der Waals surface area contributed by atoms with Crippen molar-refractivity contribution < 1.29 is 14.6 Å². The zero-order chi connectivity index (χ0) is 13.1. The van der Waals surface area contributed by atoms with E-state index in [0.29, 0.717) is 17.6 Å². The lowest BCUT2D eigenvalue weighted by atomic mass is 10.1. The van der Waals surface area contributed by atoms with E-state index in [9.17, 15) is 4.79 Å². The van der Waals surface area contributed by atoms with Gasteiger partial charge in [0, 0.05) is 32.3 Å². The van der Waals surface area contributed by atoms with Gasteiger partial charge in [-0.15, -0.1) is 0 Å². The number of hydrogen-bond acceptors (Lipinski definition) is 5. The third-order valence-corrected chi connectivity index (χ3v) is 3.17. The number of carbonyl (C=O) groups is 1. The van der Waals surface area contributed by atoms with Gasteiger partial charge in [0.25, 0.3) is 0 Å². The number of aryl methyl sites for hydroxylation is 1. The lowest BCUT2D eigenvalue weighted by Gasteiger charge is -2.16. The molecule has 18 heavy (non-hydrogen) atoms. The van der Waals surface area contributed by atoms with Crippen molar-refractivity contribution in [1.29, 1.82) is 0 Å². The van der Waals surface area contributed by atoms with Crippen LogP contribution in [0.15, 0.2) is 6.20 Å². The summed E-state index contributed by atoms with van der Waals surface area (Å²) in [4.78, 5) is 21.3. The van der Waals surface area contributed by atoms with Gasteiger partial charge in [-0.25, -0.2) is 14.8 Å². The van der Waals surface area contributed by atoms with E-state index >= 15 is 0 Å². The molecule has 1 aromatic heterocycles.